The molecule has 1 unspecified atom stereocenters. The van der Waals surface area contributed by atoms with Gasteiger partial charge in [-0.1, -0.05) is 17.3 Å². The molecule has 0 aliphatic carbocycles. The van der Waals surface area contributed by atoms with Crippen LogP contribution in [0.15, 0.2) is 41.4 Å². The monoisotopic (exact) mass is 250 g/mol. The number of hydrogen-bond donors (Lipinski definition) is 0. The molecule has 0 saturated heterocycles. The third kappa shape index (κ3) is 1.89. The van der Waals surface area contributed by atoms with Gasteiger partial charge in [0, 0.05) is 5.39 Å². The van der Waals surface area contributed by atoms with Gasteiger partial charge >= 0.3 is 0 Å². The summed E-state index contributed by atoms with van der Waals surface area (Å²) in [5.41, 5.74) is 1.67. The standard InChI is InChI=1S/C11H10N4O.ClH/c1-8(15-7-12-6-13-15)11-9-4-2-3-5-10(9)16-14-11;/h2-8H,1H3;1H. The second kappa shape index (κ2) is 4.55. The maximum Gasteiger partial charge on any atom is 0.167 e. The molecule has 1 aromatic carbocycles. The van der Waals surface area contributed by atoms with Crippen molar-refractivity contribution in [1.82, 2.24) is 19.9 Å². The molecular formula is C11H11ClN4O. The van der Waals surface area contributed by atoms with E-state index < -0.39 is 0 Å². The van der Waals surface area contributed by atoms with Crippen molar-refractivity contribution in [3.05, 3.63) is 42.6 Å². The van der Waals surface area contributed by atoms with Crippen molar-refractivity contribution in [2.24, 2.45) is 0 Å². The minimum absolute atomic E-state index is 0. The Morgan fingerprint density at radius 2 is 2.12 bits per heavy atom. The van der Waals surface area contributed by atoms with Gasteiger partial charge in [-0.3, -0.25) is 0 Å². The molecule has 1 atom stereocenters. The molecule has 3 aromatic rings. The number of aromatic nitrogens is 4. The van der Waals surface area contributed by atoms with Gasteiger partial charge < -0.3 is 4.52 Å². The largest absolute Gasteiger partial charge is 0.356 e. The van der Waals surface area contributed by atoms with Crippen molar-refractivity contribution in [3.8, 4) is 0 Å². The van der Waals surface area contributed by atoms with Crippen LogP contribution in [0.2, 0.25) is 0 Å². The lowest BCUT2D eigenvalue weighted by Crippen LogP contribution is -2.07. The second-order valence-corrected chi connectivity index (χ2v) is 3.62. The Hall–Kier alpha value is -1.88. The number of rotatable bonds is 2. The molecule has 88 valence electrons. The lowest BCUT2D eigenvalue weighted by Gasteiger charge is -2.07. The van der Waals surface area contributed by atoms with Crippen LogP contribution >= 0.6 is 12.4 Å². The zero-order chi connectivity index (χ0) is 11.0. The van der Waals surface area contributed by atoms with Crippen LogP contribution in [-0.2, 0) is 0 Å². The van der Waals surface area contributed by atoms with Gasteiger partial charge in [0.2, 0.25) is 0 Å². The highest BCUT2D eigenvalue weighted by atomic mass is 35.5. The highest BCUT2D eigenvalue weighted by Gasteiger charge is 2.16. The third-order valence-corrected chi connectivity index (χ3v) is 2.63. The van der Waals surface area contributed by atoms with Gasteiger partial charge in [-0.25, -0.2) is 9.67 Å². The van der Waals surface area contributed by atoms with Crippen LogP contribution < -0.4 is 0 Å². The Bertz CT molecular complexity index is 605. The van der Waals surface area contributed by atoms with Gasteiger partial charge in [0.25, 0.3) is 0 Å². The fourth-order valence-electron chi connectivity index (χ4n) is 1.75. The molecule has 0 bridgehead atoms. The molecule has 2 heterocycles. The summed E-state index contributed by atoms with van der Waals surface area (Å²) in [4.78, 5) is 3.93. The predicted molar refractivity (Wildman–Crippen MR) is 65.1 cm³/mol. The van der Waals surface area contributed by atoms with E-state index in [0.717, 1.165) is 16.7 Å². The summed E-state index contributed by atoms with van der Waals surface area (Å²) in [6.07, 6.45) is 3.19. The van der Waals surface area contributed by atoms with Gasteiger partial charge in [0.05, 0.1) is 6.04 Å². The van der Waals surface area contributed by atoms with Crippen molar-refractivity contribution in [2.75, 3.05) is 0 Å². The van der Waals surface area contributed by atoms with E-state index in [4.69, 9.17) is 4.52 Å². The number of halogens is 1. The number of fused-ring (bicyclic) bond motifs is 1. The lowest BCUT2D eigenvalue weighted by molar-refractivity contribution is 0.425. The minimum atomic E-state index is 0. The van der Waals surface area contributed by atoms with Crippen LogP contribution in [0.1, 0.15) is 18.7 Å². The molecule has 17 heavy (non-hydrogen) atoms. The molecule has 0 N–H and O–H groups in total. The molecule has 5 nitrogen and oxygen atoms in total. The summed E-state index contributed by atoms with van der Waals surface area (Å²) in [5, 5.41) is 9.21. The van der Waals surface area contributed by atoms with E-state index in [9.17, 15) is 0 Å². The maximum absolute atomic E-state index is 5.26. The number of benzene rings is 1. The molecule has 0 aliphatic heterocycles. The number of nitrogens with zero attached hydrogens (tertiary/aromatic N) is 4. The van der Waals surface area contributed by atoms with Crippen molar-refractivity contribution in [2.45, 2.75) is 13.0 Å². The lowest BCUT2D eigenvalue weighted by atomic mass is 10.1. The smallest absolute Gasteiger partial charge is 0.167 e. The van der Waals surface area contributed by atoms with Gasteiger partial charge in [-0.2, -0.15) is 5.10 Å². The minimum Gasteiger partial charge on any atom is -0.356 e. The normalized spacial score (nSPS) is 12.3. The Kier molecular flexibility index (Phi) is 3.10. The fraction of sp³-hybridized carbons (Fsp3) is 0.182. The van der Waals surface area contributed by atoms with Crippen LogP contribution in [0.25, 0.3) is 11.0 Å². The average Bonchev–Trinajstić information content (AvgIpc) is 2.98. The van der Waals surface area contributed by atoms with Crippen LogP contribution in [0.4, 0.5) is 0 Å². The first-order chi connectivity index (χ1) is 7.86. The van der Waals surface area contributed by atoms with Crippen LogP contribution in [0, 0.1) is 0 Å². The van der Waals surface area contributed by atoms with Crippen molar-refractivity contribution < 1.29 is 4.52 Å². The molecule has 0 radical (unpaired) electrons. The molecule has 0 fully saturated rings. The molecule has 0 saturated carbocycles. The summed E-state index contributed by atoms with van der Waals surface area (Å²) in [6.45, 7) is 2.01. The van der Waals surface area contributed by atoms with Gasteiger partial charge in [-0.15, -0.1) is 12.4 Å². The third-order valence-electron chi connectivity index (χ3n) is 2.63. The maximum atomic E-state index is 5.26. The first kappa shape index (κ1) is 11.6. The Morgan fingerprint density at radius 1 is 1.29 bits per heavy atom. The first-order valence-electron chi connectivity index (χ1n) is 5.04. The molecule has 6 heteroatoms. The summed E-state index contributed by atoms with van der Waals surface area (Å²) < 4.78 is 7.01. The van der Waals surface area contributed by atoms with E-state index in [1.807, 2.05) is 31.2 Å². The average molecular weight is 251 g/mol. The van der Waals surface area contributed by atoms with E-state index in [-0.39, 0.29) is 18.4 Å². The molecule has 0 spiro atoms. The van der Waals surface area contributed by atoms with Crippen LogP contribution in [-0.4, -0.2) is 19.9 Å². The van der Waals surface area contributed by atoms with Gasteiger partial charge in [-0.05, 0) is 19.1 Å². The topological polar surface area (TPSA) is 56.7 Å². The number of hydrogen-bond acceptors (Lipinski definition) is 4. The first-order valence-corrected chi connectivity index (χ1v) is 5.04. The van der Waals surface area contributed by atoms with Crippen molar-refractivity contribution in [3.63, 3.8) is 0 Å². The van der Waals surface area contributed by atoms with E-state index in [0.29, 0.717) is 0 Å². The van der Waals surface area contributed by atoms with Crippen LogP contribution in [0.5, 0.6) is 0 Å². The quantitative estimate of drug-likeness (QED) is 0.701. The summed E-state index contributed by atoms with van der Waals surface area (Å²) in [6, 6.07) is 7.81. The van der Waals surface area contributed by atoms with E-state index in [1.54, 1.807) is 11.0 Å². The molecular weight excluding hydrogens is 240 g/mol. The predicted octanol–water partition coefficient (Wildman–Crippen LogP) is 2.45. The second-order valence-electron chi connectivity index (χ2n) is 3.62. The molecule has 3 rings (SSSR count). The number of para-hydroxylation sites is 1. The van der Waals surface area contributed by atoms with Gasteiger partial charge in [0.1, 0.15) is 18.3 Å². The summed E-state index contributed by atoms with van der Waals surface area (Å²) in [7, 11) is 0. The fourth-order valence-corrected chi connectivity index (χ4v) is 1.75. The van der Waals surface area contributed by atoms with Crippen molar-refractivity contribution in [1.29, 1.82) is 0 Å². The SMILES string of the molecule is CC(c1noc2ccccc12)n1cncn1.Cl. The molecule has 0 amide bonds. The highest BCUT2D eigenvalue weighted by molar-refractivity contribution is 5.85. The summed E-state index contributed by atoms with van der Waals surface area (Å²) >= 11 is 0. The molecule has 0 aliphatic rings. The van der Waals surface area contributed by atoms with Crippen LogP contribution in [0.3, 0.4) is 0 Å². The summed E-state index contributed by atoms with van der Waals surface area (Å²) in [5.74, 6) is 0. The van der Waals surface area contributed by atoms with E-state index in [1.165, 1.54) is 6.33 Å². The Labute approximate surface area is 104 Å². The van der Waals surface area contributed by atoms with E-state index >= 15 is 0 Å². The van der Waals surface area contributed by atoms with Crippen molar-refractivity contribution >= 4 is 23.4 Å². The molecule has 2 aromatic heterocycles. The zero-order valence-corrected chi connectivity index (χ0v) is 9.96. The Morgan fingerprint density at radius 3 is 2.88 bits per heavy atom. The van der Waals surface area contributed by atoms with E-state index in [2.05, 4.69) is 15.2 Å². The zero-order valence-electron chi connectivity index (χ0n) is 9.15. The highest BCUT2D eigenvalue weighted by Crippen LogP contribution is 2.24. The van der Waals surface area contributed by atoms with Gasteiger partial charge in [0.15, 0.2) is 5.58 Å². The Balaban J connectivity index is 0.00000108.